The highest BCUT2D eigenvalue weighted by atomic mass is 16.6. The number of nitrogens with zero attached hydrogens (tertiary/aromatic N) is 2. The average Bonchev–Trinajstić information content (AvgIpc) is 2.54. The molecule has 0 fully saturated rings. The number of pyridine rings is 1. The number of hydrogen-bond donors (Lipinski definition) is 0. The summed E-state index contributed by atoms with van der Waals surface area (Å²) < 4.78 is 10.7. The first-order chi connectivity index (χ1) is 10.7. The van der Waals surface area contributed by atoms with Gasteiger partial charge in [0.05, 0.1) is 18.1 Å². The summed E-state index contributed by atoms with van der Waals surface area (Å²) >= 11 is 0. The van der Waals surface area contributed by atoms with Crippen LogP contribution in [-0.4, -0.2) is 17.0 Å². The lowest BCUT2D eigenvalue weighted by atomic mass is 10.2. The molecule has 2 aromatic carbocycles. The van der Waals surface area contributed by atoms with Crippen molar-refractivity contribution in [3.63, 3.8) is 0 Å². The highest BCUT2D eigenvalue weighted by molar-refractivity contribution is 5.89. The molecule has 22 heavy (non-hydrogen) atoms. The van der Waals surface area contributed by atoms with Crippen LogP contribution in [-0.2, 0) is 0 Å². The third-order valence-electron chi connectivity index (χ3n) is 3.12. The number of para-hydroxylation sites is 1. The summed E-state index contributed by atoms with van der Waals surface area (Å²) in [7, 11) is 1.46. The van der Waals surface area contributed by atoms with E-state index < -0.39 is 4.92 Å². The van der Waals surface area contributed by atoms with Crippen molar-refractivity contribution in [2.24, 2.45) is 0 Å². The Balaban J connectivity index is 2.08. The van der Waals surface area contributed by atoms with Gasteiger partial charge in [-0.25, -0.2) is 4.98 Å². The number of aromatic nitrogens is 1. The van der Waals surface area contributed by atoms with Gasteiger partial charge in [-0.1, -0.05) is 18.2 Å². The van der Waals surface area contributed by atoms with Crippen LogP contribution in [0.2, 0.25) is 0 Å². The fourth-order valence-electron chi connectivity index (χ4n) is 2.09. The van der Waals surface area contributed by atoms with Gasteiger partial charge in [0.1, 0.15) is 11.5 Å². The van der Waals surface area contributed by atoms with Crippen molar-refractivity contribution in [1.29, 1.82) is 0 Å². The third-order valence-corrected chi connectivity index (χ3v) is 3.12. The number of non-ortho nitro benzene ring substituents is 1. The molecule has 0 amide bonds. The zero-order chi connectivity index (χ0) is 15.5. The Bertz CT molecular complexity index is 834. The molecule has 6 heteroatoms. The van der Waals surface area contributed by atoms with Crippen molar-refractivity contribution in [3.8, 4) is 17.4 Å². The van der Waals surface area contributed by atoms with E-state index in [-0.39, 0.29) is 11.2 Å². The molecular weight excluding hydrogens is 284 g/mol. The average molecular weight is 296 g/mol. The normalized spacial score (nSPS) is 10.4. The highest BCUT2D eigenvalue weighted by Crippen LogP contribution is 2.32. The maximum atomic E-state index is 11.2. The van der Waals surface area contributed by atoms with Gasteiger partial charge in [-0.3, -0.25) is 10.1 Å². The van der Waals surface area contributed by atoms with Crippen molar-refractivity contribution < 1.29 is 14.4 Å². The quantitative estimate of drug-likeness (QED) is 0.538. The Morgan fingerprint density at radius 2 is 1.82 bits per heavy atom. The minimum Gasteiger partial charge on any atom is -0.496 e. The van der Waals surface area contributed by atoms with E-state index in [1.165, 1.54) is 13.2 Å². The van der Waals surface area contributed by atoms with Gasteiger partial charge in [0.15, 0.2) is 5.52 Å². The SMILES string of the molecule is COc1cc([N+](=O)[O-])c2nc(Oc3ccccc3)ccc2c1. The number of nitro groups is 1. The largest absolute Gasteiger partial charge is 0.496 e. The minimum atomic E-state index is -0.482. The summed E-state index contributed by atoms with van der Waals surface area (Å²) in [6.07, 6.45) is 0. The second kappa shape index (κ2) is 5.69. The number of hydrogen-bond acceptors (Lipinski definition) is 5. The van der Waals surface area contributed by atoms with E-state index in [0.29, 0.717) is 22.8 Å². The maximum absolute atomic E-state index is 11.2. The number of fused-ring (bicyclic) bond motifs is 1. The number of rotatable bonds is 4. The summed E-state index contributed by atoms with van der Waals surface area (Å²) in [5.74, 6) is 1.33. The van der Waals surface area contributed by atoms with Crippen LogP contribution in [0.15, 0.2) is 54.6 Å². The molecule has 0 aliphatic heterocycles. The number of methoxy groups -OCH3 is 1. The molecule has 0 spiro atoms. The summed E-state index contributed by atoms with van der Waals surface area (Å²) in [5.41, 5.74) is 0.145. The predicted molar refractivity (Wildman–Crippen MR) is 81.5 cm³/mol. The Kier molecular flexibility index (Phi) is 3.57. The molecule has 1 heterocycles. The third kappa shape index (κ3) is 2.67. The van der Waals surface area contributed by atoms with Gasteiger partial charge in [-0.2, -0.15) is 0 Å². The second-order valence-corrected chi connectivity index (χ2v) is 4.54. The van der Waals surface area contributed by atoms with Crippen molar-refractivity contribution in [2.75, 3.05) is 7.11 Å². The Morgan fingerprint density at radius 3 is 2.50 bits per heavy atom. The van der Waals surface area contributed by atoms with Crippen molar-refractivity contribution in [2.45, 2.75) is 0 Å². The molecule has 110 valence electrons. The molecule has 0 unspecified atom stereocenters. The second-order valence-electron chi connectivity index (χ2n) is 4.54. The van der Waals surface area contributed by atoms with Crippen molar-refractivity contribution in [1.82, 2.24) is 4.98 Å². The molecule has 0 N–H and O–H groups in total. The summed E-state index contributed by atoms with van der Waals surface area (Å²) in [6.45, 7) is 0. The van der Waals surface area contributed by atoms with Crippen LogP contribution in [0.3, 0.4) is 0 Å². The zero-order valence-corrected chi connectivity index (χ0v) is 11.7. The Hall–Kier alpha value is -3.15. The molecule has 3 rings (SSSR count). The van der Waals surface area contributed by atoms with E-state index in [9.17, 15) is 10.1 Å². The van der Waals surface area contributed by atoms with Crippen LogP contribution < -0.4 is 9.47 Å². The molecule has 0 aliphatic rings. The number of ether oxygens (including phenoxy) is 2. The molecule has 0 atom stereocenters. The van der Waals surface area contributed by atoms with E-state index >= 15 is 0 Å². The van der Waals surface area contributed by atoms with E-state index in [0.717, 1.165) is 0 Å². The smallest absolute Gasteiger partial charge is 0.299 e. The van der Waals surface area contributed by atoms with Gasteiger partial charge < -0.3 is 9.47 Å². The molecule has 0 radical (unpaired) electrons. The maximum Gasteiger partial charge on any atom is 0.299 e. The van der Waals surface area contributed by atoms with E-state index in [2.05, 4.69) is 4.98 Å². The first kappa shape index (κ1) is 13.8. The van der Waals surface area contributed by atoms with E-state index in [1.807, 2.05) is 18.2 Å². The standard InChI is InChI=1S/C16H12N2O4/c1-21-13-9-11-7-8-15(22-12-5-3-2-4-6-12)17-16(11)14(10-13)18(19)20/h2-10H,1H3. The van der Waals surface area contributed by atoms with Gasteiger partial charge in [0, 0.05) is 11.5 Å². The number of nitro benzene ring substituents is 1. The highest BCUT2D eigenvalue weighted by Gasteiger charge is 2.16. The molecule has 6 nitrogen and oxygen atoms in total. The topological polar surface area (TPSA) is 74.5 Å². The Labute approximate surface area is 126 Å². The van der Waals surface area contributed by atoms with Gasteiger partial charge in [-0.05, 0) is 24.3 Å². The van der Waals surface area contributed by atoms with Crippen LogP contribution in [0.1, 0.15) is 0 Å². The van der Waals surface area contributed by atoms with Crippen LogP contribution in [0.25, 0.3) is 10.9 Å². The van der Waals surface area contributed by atoms with Crippen LogP contribution in [0.4, 0.5) is 5.69 Å². The molecule has 3 aromatic rings. The van der Waals surface area contributed by atoms with E-state index in [4.69, 9.17) is 9.47 Å². The first-order valence-corrected chi connectivity index (χ1v) is 6.53. The molecule has 0 bridgehead atoms. The van der Waals surface area contributed by atoms with Gasteiger partial charge in [0.2, 0.25) is 5.88 Å². The van der Waals surface area contributed by atoms with Gasteiger partial charge >= 0.3 is 0 Å². The van der Waals surface area contributed by atoms with Crippen LogP contribution in [0, 0.1) is 10.1 Å². The monoisotopic (exact) mass is 296 g/mol. The lowest BCUT2D eigenvalue weighted by molar-refractivity contribution is -0.383. The lowest BCUT2D eigenvalue weighted by Crippen LogP contribution is -1.95. The summed E-state index contributed by atoms with van der Waals surface area (Å²) in [4.78, 5) is 15.0. The molecule has 0 saturated carbocycles. The molecule has 0 aliphatic carbocycles. The molecule has 1 aromatic heterocycles. The van der Waals surface area contributed by atoms with Crippen LogP contribution in [0.5, 0.6) is 17.4 Å². The van der Waals surface area contributed by atoms with Crippen LogP contribution >= 0.6 is 0 Å². The minimum absolute atomic E-state index is 0.118. The summed E-state index contributed by atoms with van der Waals surface area (Å²) in [6, 6.07) is 15.5. The number of benzene rings is 2. The fraction of sp³-hybridized carbons (Fsp3) is 0.0625. The first-order valence-electron chi connectivity index (χ1n) is 6.53. The fourth-order valence-corrected chi connectivity index (χ4v) is 2.09. The van der Waals surface area contributed by atoms with Gasteiger partial charge in [-0.15, -0.1) is 0 Å². The zero-order valence-electron chi connectivity index (χ0n) is 11.7. The van der Waals surface area contributed by atoms with Crippen molar-refractivity contribution in [3.05, 3.63) is 64.7 Å². The van der Waals surface area contributed by atoms with Gasteiger partial charge in [0.25, 0.3) is 5.69 Å². The summed E-state index contributed by atoms with van der Waals surface area (Å²) in [5, 5.41) is 11.8. The lowest BCUT2D eigenvalue weighted by Gasteiger charge is -2.07. The Morgan fingerprint density at radius 1 is 1.05 bits per heavy atom. The van der Waals surface area contributed by atoms with E-state index in [1.54, 1.807) is 30.3 Å². The molecular formula is C16H12N2O4. The predicted octanol–water partition coefficient (Wildman–Crippen LogP) is 3.94. The van der Waals surface area contributed by atoms with Crippen molar-refractivity contribution >= 4 is 16.6 Å². The molecule has 0 saturated heterocycles.